The molecule has 258 valence electrons. The molecule has 3 aromatic rings. The molecule has 2 aliphatic carbocycles. The third-order valence-electron chi connectivity index (χ3n) is 8.98. The second-order valence-corrected chi connectivity index (χ2v) is 13.3. The van der Waals surface area contributed by atoms with Crippen LogP contribution in [-0.2, 0) is 14.4 Å². The predicted molar refractivity (Wildman–Crippen MR) is 202 cm³/mol. The number of aliphatic hydroxyl groups excluding tert-OH is 1. The van der Waals surface area contributed by atoms with Crippen molar-refractivity contribution in [3.8, 4) is 0 Å². The van der Waals surface area contributed by atoms with Crippen LogP contribution in [0.5, 0.6) is 0 Å². The van der Waals surface area contributed by atoms with Gasteiger partial charge < -0.3 is 20.6 Å². The van der Waals surface area contributed by atoms with Crippen LogP contribution in [0.15, 0.2) is 108 Å². The molecular formula is C42H47N4O4+. The number of ketones is 1. The molecule has 0 saturated heterocycles. The molecule has 0 bridgehead atoms. The highest BCUT2D eigenvalue weighted by molar-refractivity contribution is 6.40. The molecule has 2 amide bonds. The van der Waals surface area contributed by atoms with Gasteiger partial charge in [-0.1, -0.05) is 63.1 Å². The molecule has 0 radical (unpaired) electrons. The molecule has 0 aliphatic heterocycles. The number of carbonyl (C=O) groups excluding carboxylic acids is 3. The van der Waals surface area contributed by atoms with Gasteiger partial charge >= 0.3 is 0 Å². The Hall–Kier alpha value is -5.50. The number of aryl methyl sites for hydroxylation is 2. The summed E-state index contributed by atoms with van der Waals surface area (Å²) in [5, 5.41) is 17.6. The Balaban J connectivity index is 1.62. The third kappa shape index (κ3) is 7.25. The van der Waals surface area contributed by atoms with Gasteiger partial charge in [0.25, 0.3) is 0 Å². The highest BCUT2D eigenvalue weighted by atomic mass is 16.3. The summed E-state index contributed by atoms with van der Waals surface area (Å²) in [6.07, 6.45) is 5.51. The van der Waals surface area contributed by atoms with E-state index in [2.05, 4.69) is 20.1 Å². The van der Waals surface area contributed by atoms with E-state index in [0.717, 1.165) is 33.9 Å². The zero-order valence-electron chi connectivity index (χ0n) is 30.2. The normalized spacial score (nSPS) is 16.8. The minimum Gasteiger partial charge on any atom is -0.506 e. The van der Waals surface area contributed by atoms with E-state index in [0.29, 0.717) is 35.6 Å². The van der Waals surface area contributed by atoms with Crippen molar-refractivity contribution < 1.29 is 24.1 Å². The van der Waals surface area contributed by atoms with Gasteiger partial charge in [-0.25, -0.2) is 0 Å². The number of Topliss-reactive ketones (excluding diaryl/α,β-unsaturated/α-hetero) is 1. The Morgan fingerprint density at radius 2 is 1.36 bits per heavy atom. The van der Waals surface area contributed by atoms with Gasteiger partial charge in [0, 0.05) is 65.2 Å². The van der Waals surface area contributed by atoms with Crippen molar-refractivity contribution in [2.75, 3.05) is 23.3 Å². The van der Waals surface area contributed by atoms with E-state index in [1.54, 1.807) is 39.8 Å². The fourth-order valence-corrected chi connectivity index (χ4v) is 5.98. The summed E-state index contributed by atoms with van der Waals surface area (Å²) >= 11 is 0. The first kappa shape index (κ1) is 35.8. The minimum absolute atomic E-state index is 0.115. The zero-order valence-corrected chi connectivity index (χ0v) is 30.2. The van der Waals surface area contributed by atoms with Gasteiger partial charge in [-0.2, -0.15) is 4.58 Å². The van der Waals surface area contributed by atoms with Crippen LogP contribution in [0.3, 0.4) is 0 Å². The standard InChI is InChI=1S/C42H46N4O4/c1-9-45(29-15-11-27(7)12-16-29)31-19-21-33(35(23-31)43-41(49)25(3)4)37-39(47)38(40(37)48)34-22-20-32(24-36(34)44-42(50)26(5)6)46(10-2)30-17-13-28(8)14-18-30/h11-26H,9-10H2,1-8H3,(H2,43,44,47,48,49,50)/p+1. The first-order chi connectivity index (χ1) is 23.8. The molecule has 8 nitrogen and oxygen atoms in total. The van der Waals surface area contributed by atoms with E-state index in [1.165, 1.54) is 0 Å². The average Bonchev–Trinajstić information content (AvgIpc) is 3.09. The van der Waals surface area contributed by atoms with Crippen molar-refractivity contribution in [3.05, 3.63) is 124 Å². The molecule has 8 heteroatoms. The number of rotatable bonds is 10. The Morgan fingerprint density at radius 1 is 0.780 bits per heavy atom. The van der Waals surface area contributed by atoms with Crippen LogP contribution in [-0.4, -0.2) is 46.1 Å². The Bertz CT molecular complexity index is 1990. The smallest absolute Gasteiger partial charge is 0.226 e. The maximum absolute atomic E-state index is 14.1. The third-order valence-corrected chi connectivity index (χ3v) is 8.98. The number of amides is 2. The molecule has 0 spiro atoms. The van der Waals surface area contributed by atoms with Gasteiger partial charge in [0.2, 0.25) is 29.0 Å². The monoisotopic (exact) mass is 671 g/mol. The number of allylic oxidation sites excluding steroid dienone is 5. The van der Waals surface area contributed by atoms with E-state index in [4.69, 9.17) is 0 Å². The largest absolute Gasteiger partial charge is 0.506 e. The lowest BCUT2D eigenvalue weighted by Gasteiger charge is -2.29. The fourth-order valence-electron chi connectivity index (χ4n) is 5.98. The summed E-state index contributed by atoms with van der Waals surface area (Å²) in [6, 6.07) is 21.9. The summed E-state index contributed by atoms with van der Waals surface area (Å²) in [5.74, 6) is -1.59. The Morgan fingerprint density at radius 3 is 1.92 bits per heavy atom. The number of nitrogens with one attached hydrogen (secondary N) is 2. The Kier molecular flexibility index (Phi) is 10.7. The van der Waals surface area contributed by atoms with E-state index < -0.39 is 0 Å². The van der Waals surface area contributed by atoms with Crippen LogP contribution in [0.1, 0.15) is 58.2 Å². The van der Waals surface area contributed by atoms with Gasteiger partial charge in [0.15, 0.2) is 0 Å². The van der Waals surface area contributed by atoms with Crippen LogP contribution in [0, 0.1) is 25.7 Å². The lowest BCUT2D eigenvalue weighted by atomic mass is 9.78. The number of benzene rings is 3. The first-order valence-electron chi connectivity index (χ1n) is 17.3. The summed E-state index contributed by atoms with van der Waals surface area (Å²) < 4.78 is 2.12. The quantitative estimate of drug-likeness (QED) is 0.149. The van der Waals surface area contributed by atoms with Crippen LogP contribution in [0.4, 0.5) is 22.7 Å². The van der Waals surface area contributed by atoms with E-state index in [9.17, 15) is 19.5 Å². The molecule has 5 rings (SSSR count). The van der Waals surface area contributed by atoms with Crippen LogP contribution in [0.25, 0.3) is 5.57 Å². The highest BCUT2D eigenvalue weighted by Gasteiger charge is 2.40. The number of aliphatic hydroxyl groups is 1. The van der Waals surface area contributed by atoms with Gasteiger partial charge in [-0.05, 0) is 64.1 Å². The molecule has 2 aliphatic rings. The maximum Gasteiger partial charge on any atom is 0.226 e. The lowest BCUT2D eigenvalue weighted by Crippen LogP contribution is -2.32. The van der Waals surface area contributed by atoms with Crippen molar-refractivity contribution in [2.24, 2.45) is 11.8 Å². The van der Waals surface area contributed by atoms with Crippen molar-refractivity contribution >= 4 is 51.6 Å². The predicted octanol–water partition coefficient (Wildman–Crippen LogP) is 8.24. The summed E-state index contributed by atoms with van der Waals surface area (Å²) in [7, 11) is 0. The molecule has 0 saturated carbocycles. The van der Waals surface area contributed by atoms with Crippen LogP contribution in [0.2, 0.25) is 0 Å². The maximum atomic E-state index is 14.1. The van der Waals surface area contributed by atoms with Gasteiger partial charge in [-0.3, -0.25) is 14.4 Å². The molecule has 3 N–H and O–H groups in total. The van der Waals surface area contributed by atoms with E-state index in [-0.39, 0.29) is 46.3 Å². The molecule has 0 heterocycles. The van der Waals surface area contributed by atoms with E-state index >= 15 is 0 Å². The average molecular weight is 672 g/mol. The van der Waals surface area contributed by atoms with Gasteiger partial charge in [0.1, 0.15) is 12.3 Å². The van der Waals surface area contributed by atoms with E-state index in [1.807, 2.05) is 101 Å². The summed E-state index contributed by atoms with van der Waals surface area (Å²) in [5.41, 5.74) is 7.90. The number of carbonyl (C=O) groups is 3. The lowest BCUT2D eigenvalue weighted by molar-refractivity contribution is -0.434. The minimum atomic E-state index is -0.375. The molecule has 0 atom stereocenters. The second kappa shape index (κ2) is 14.9. The van der Waals surface area contributed by atoms with Crippen LogP contribution >= 0.6 is 0 Å². The highest BCUT2D eigenvalue weighted by Crippen LogP contribution is 2.44. The number of hydrogen-bond acceptors (Lipinski definition) is 5. The van der Waals surface area contributed by atoms with Crippen molar-refractivity contribution in [2.45, 2.75) is 55.4 Å². The number of anilines is 3. The molecule has 3 aromatic carbocycles. The molecule has 0 unspecified atom stereocenters. The van der Waals surface area contributed by atoms with Gasteiger partial charge in [-0.15, -0.1) is 0 Å². The zero-order chi connectivity index (χ0) is 36.3. The molecule has 0 fully saturated rings. The molecule has 0 aromatic heterocycles. The van der Waals surface area contributed by atoms with Crippen molar-refractivity contribution in [1.29, 1.82) is 0 Å². The number of nitrogens with zero attached hydrogens (tertiary/aromatic N) is 2. The summed E-state index contributed by atoms with van der Waals surface area (Å²) in [6.45, 7) is 16.7. The van der Waals surface area contributed by atoms with Crippen molar-refractivity contribution in [1.82, 2.24) is 5.32 Å². The first-order valence-corrected chi connectivity index (χ1v) is 17.3. The topological polar surface area (TPSA) is 102 Å². The second-order valence-electron chi connectivity index (χ2n) is 13.3. The molecule has 50 heavy (non-hydrogen) atoms. The van der Waals surface area contributed by atoms with Crippen LogP contribution < -0.4 is 15.5 Å². The SMILES string of the molecule is CCN(c1ccc(C)cc1)c1ccc(C2=C(O)/C(=C3/C=CC(=[N+](CC)c4ccc(C)cc4)C=C3NC(=O)C(C)C)C2=O)c(NC(=O)C(C)C)c1. The Labute approximate surface area is 295 Å². The molecular weight excluding hydrogens is 624 g/mol. The van der Waals surface area contributed by atoms with Gasteiger partial charge in [0.05, 0.1) is 22.5 Å². The number of hydrogen-bond donors (Lipinski definition) is 3. The fraction of sp³-hybridized carbons (Fsp3) is 0.286. The van der Waals surface area contributed by atoms with Crippen molar-refractivity contribution in [3.63, 3.8) is 0 Å². The summed E-state index contributed by atoms with van der Waals surface area (Å²) in [4.78, 5) is 42.2.